The zero-order valence-corrected chi connectivity index (χ0v) is 11.9. The summed E-state index contributed by atoms with van der Waals surface area (Å²) in [5, 5.41) is 0. The maximum absolute atomic E-state index is 5.79. The van der Waals surface area contributed by atoms with Crippen LogP contribution in [0.5, 0.6) is 11.5 Å². The normalized spacial score (nSPS) is 11.6. The zero-order valence-electron chi connectivity index (χ0n) is 11.9. The average Bonchev–Trinajstić information content (AvgIpc) is 2.49. The average molecular weight is 264 g/mol. The molecule has 1 heteroatoms. The summed E-state index contributed by atoms with van der Waals surface area (Å²) in [4.78, 5) is 0. The van der Waals surface area contributed by atoms with Crippen LogP contribution < -0.4 is 4.74 Å². The van der Waals surface area contributed by atoms with Gasteiger partial charge in [0.15, 0.2) is 0 Å². The Kier molecular flexibility index (Phi) is 5.26. The highest BCUT2D eigenvalue weighted by Crippen LogP contribution is 2.28. The van der Waals surface area contributed by atoms with E-state index in [1.165, 1.54) is 5.56 Å². The van der Waals surface area contributed by atoms with Crippen molar-refractivity contribution in [2.45, 2.75) is 32.1 Å². The highest BCUT2D eigenvalue weighted by molar-refractivity contribution is 5.34. The van der Waals surface area contributed by atoms with Crippen LogP contribution in [0.3, 0.4) is 0 Å². The first-order valence-electron chi connectivity index (χ1n) is 7.09. The molecule has 0 spiro atoms. The molecule has 20 heavy (non-hydrogen) atoms. The van der Waals surface area contributed by atoms with E-state index in [1.54, 1.807) is 0 Å². The van der Waals surface area contributed by atoms with Crippen molar-refractivity contribution in [1.82, 2.24) is 0 Å². The summed E-state index contributed by atoms with van der Waals surface area (Å²) in [6.45, 7) is 2.19. The van der Waals surface area contributed by atoms with Crippen LogP contribution in [0.2, 0.25) is 0 Å². The van der Waals surface area contributed by atoms with Crippen molar-refractivity contribution in [3.63, 3.8) is 0 Å². The lowest BCUT2D eigenvalue weighted by Gasteiger charge is -2.14. The van der Waals surface area contributed by atoms with Crippen LogP contribution in [0, 0.1) is 12.3 Å². The van der Waals surface area contributed by atoms with E-state index < -0.39 is 0 Å². The summed E-state index contributed by atoms with van der Waals surface area (Å²) in [5.41, 5.74) is 1.30. The van der Waals surface area contributed by atoms with Gasteiger partial charge < -0.3 is 4.74 Å². The molecule has 0 radical (unpaired) electrons. The van der Waals surface area contributed by atoms with Gasteiger partial charge in [0, 0.05) is 6.42 Å². The van der Waals surface area contributed by atoms with Gasteiger partial charge in [-0.25, -0.2) is 0 Å². The van der Waals surface area contributed by atoms with Crippen molar-refractivity contribution in [1.29, 1.82) is 0 Å². The Labute approximate surface area is 121 Å². The maximum atomic E-state index is 5.79. The van der Waals surface area contributed by atoms with Gasteiger partial charge in [-0.05, 0) is 42.2 Å². The minimum atomic E-state index is 0.454. The third-order valence-electron chi connectivity index (χ3n) is 3.33. The molecule has 2 rings (SSSR count). The molecule has 0 aliphatic rings. The van der Waals surface area contributed by atoms with Crippen molar-refractivity contribution in [2.75, 3.05) is 0 Å². The van der Waals surface area contributed by atoms with Crippen LogP contribution in [0.15, 0.2) is 54.6 Å². The fourth-order valence-electron chi connectivity index (χ4n) is 2.31. The first-order valence-corrected chi connectivity index (χ1v) is 7.09. The Morgan fingerprint density at radius 1 is 1.00 bits per heavy atom. The van der Waals surface area contributed by atoms with Crippen LogP contribution in [0.4, 0.5) is 0 Å². The van der Waals surface area contributed by atoms with Gasteiger partial charge >= 0.3 is 0 Å². The molecule has 1 nitrogen and oxygen atoms in total. The molecule has 0 aliphatic heterocycles. The lowest BCUT2D eigenvalue weighted by Crippen LogP contribution is -1.97. The number of ether oxygens (including phenoxy) is 1. The van der Waals surface area contributed by atoms with E-state index in [0.717, 1.165) is 30.8 Å². The second kappa shape index (κ2) is 7.40. The van der Waals surface area contributed by atoms with Gasteiger partial charge in [-0.3, -0.25) is 0 Å². The zero-order chi connectivity index (χ0) is 14.2. The molecule has 1 atom stereocenters. The number of para-hydroxylation sites is 1. The third kappa shape index (κ3) is 3.90. The van der Waals surface area contributed by atoms with Gasteiger partial charge in [-0.1, -0.05) is 43.7 Å². The highest BCUT2D eigenvalue weighted by atomic mass is 16.5. The molecule has 0 aliphatic carbocycles. The van der Waals surface area contributed by atoms with Crippen LogP contribution in [-0.2, 0) is 0 Å². The second-order valence-corrected chi connectivity index (χ2v) is 4.88. The molecule has 0 fully saturated rings. The number of hydrogen-bond donors (Lipinski definition) is 0. The third-order valence-corrected chi connectivity index (χ3v) is 3.33. The van der Waals surface area contributed by atoms with Crippen LogP contribution in [0.25, 0.3) is 0 Å². The molecule has 2 aromatic rings. The van der Waals surface area contributed by atoms with Gasteiger partial charge in [0.1, 0.15) is 11.5 Å². The fraction of sp³-hybridized carbons (Fsp3) is 0.263. The number of benzene rings is 2. The van der Waals surface area contributed by atoms with Gasteiger partial charge in [0.2, 0.25) is 0 Å². The first-order chi connectivity index (χ1) is 9.83. The van der Waals surface area contributed by atoms with E-state index in [1.807, 2.05) is 42.5 Å². The van der Waals surface area contributed by atoms with E-state index in [2.05, 4.69) is 25.0 Å². The summed E-state index contributed by atoms with van der Waals surface area (Å²) in [6.07, 6.45) is 8.53. The lowest BCUT2D eigenvalue weighted by atomic mass is 9.92. The molecule has 102 valence electrons. The lowest BCUT2D eigenvalue weighted by molar-refractivity contribution is 0.482. The summed E-state index contributed by atoms with van der Waals surface area (Å²) < 4.78 is 5.79. The number of terminal acetylenes is 1. The molecule has 0 bridgehead atoms. The molecule has 0 N–H and O–H groups in total. The molecule has 0 saturated heterocycles. The monoisotopic (exact) mass is 264 g/mol. The Balaban J connectivity index is 2.07. The summed E-state index contributed by atoms with van der Waals surface area (Å²) >= 11 is 0. The SMILES string of the molecule is C#CCC(CCC)c1ccc(Oc2ccccc2)cc1. The maximum Gasteiger partial charge on any atom is 0.127 e. The van der Waals surface area contributed by atoms with Crippen molar-refractivity contribution in [2.24, 2.45) is 0 Å². The van der Waals surface area contributed by atoms with Crippen LogP contribution in [0.1, 0.15) is 37.7 Å². The fourth-order valence-corrected chi connectivity index (χ4v) is 2.31. The van der Waals surface area contributed by atoms with E-state index >= 15 is 0 Å². The van der Waals surface area contributed by atoms with E-state index in [0.29, 0.717) is 5.92 Å². The van der Waals surface area contributed by atoms with Crippen LogP contribution >= 0.6 is 0 Å². The summed E-state index contributed by atoms with van der Waals surface area (Å²) in [7, 11) is 0. The first kappa shape index (κ1) is 14.2. The summed E-state index contributed by atoms with van der Waals surface area (Å²) in [5.74, 6) is 4.94. The molecule has 2 aromatic carbocycles. The Bertz CT molecular complexity index is 549. The molecule has 0 aromatic heterocycles. The molecule has 1 unspecified atom stereocenters. The van der Waals surface area contributed by atoms with E-state index in [4.69, 9.17) is 11.2 Å². The highest BCUT2D eigenvalue weighted by Gasteiger charge is 2.09. The minimum Gasteiger partial charge on any atom is -0.457 e. The predicted molar refractivity (Wildman–Crippen MR) is 84.1 cm³/mol. The predicted octanol–water partition coefficient (Wildman–Crippen LogP) is 5.39. The molecular formula is C19H20O. The smallest absolute Gasteiger partial charge is 0.127 e. The molecule has 0 saturated carbocycles. The molecular weight excluding hydrogens is 244 g/mol. The Morgan fingerprint density at radius 3 is 2.25 bits per heavy atom. The minimum absolute atomic E-state index is 0.454. The van der Waals surface area contributed by atoms with Gasteiger partial charge in [0.05, 0.1) is 0 Å². The van der Waals surface area contributed by atoms with Gasteiger partial charge in [-0.15, -0.1) is 12.3 Å². The van der Waals surface area contributed by atoms with Crippen molar-refractivity contribution >= 4 is 0 Å². The van der Waals surface area contributed by atoms with Crippen molar-refractivity contribution in [3.8, 4) is 23.8 Å². The van der Waals surface area contributed by atoms with Crippen LogP contribution in [-0.4, -0.2) is 0 Å². The largest absolute Gasteiger partial charge is 0.457 e. The van der Waals surface area contributed by atoms with E-state index in [9.17, 15) is 0 Å². The Morgan fingerprint density at radius 2 is 1.65 bits per heavy atom. The second-order valence-electron chi connectivity index (χ2n) is 4.88. The number of rotatable bonds is 6. The molecule has 0 amide bonds. The quantitative estimate of drug-likeness (QED) is 0.636. The standard InChI is InChI=1S/C19H20O/c1-3-8-16(9-4-2)17-12-14-19(15-13-17)20-18-10-6-5-7-11-18/h1,5-7,10-16H,4,8-9H2,2H3. The Hall–Kier alpha value is -2.20. The topological polar surface area (TPSA) is 9.23 Å². The van der Waals surface area contributed by atoms with E-state index in [-0.39, 0.29) is 0 Å². The number of hydrogen-bond acceptors (Lipinski definition) is 1. The molecule has 0 heterocycles. The van der Waals surface area contributed by atoms with Crippen molar-refractivity contribution < 1.29 is 4.74 Å². The van der Waals surface area contributed by atoms with Gasteiger partial charge in [0.25, 0.3) is 0 Å². The van der Waals surface area contributed by atoms with Crippen molar-refractivity contribution in [3.05, 3.63) is 60.2 Å². The summed E-state index contributed by atoms with van der Waals surface area (Å²) in [6, 6.07) is 18.1. The van der Waals surface area contributed by atoms with Gasteiger partial charge in [-0.2, -0.15) is 0 Å².